The topological polar surface area (TPSA) is 58.6 Å². The molecule has 106 valence electrons. The van der Waals surface area contributed by atoms with Crippen LogP contribution in [0.15, 0.2) is 24.3 Å². The van der Waals surface area contributed by atoms with Crippen LogP contribution in [-0.2, 0) is 11.2 Å². The summed E-state index contributed by atoms with van der Waals surface area (Å²) in [5.74, 6) is 0.356. The lowest BCUT2D eigenvalue weighted by Gasteiger charge is -2.27. The van der Waals surface area contributed by atoms with Crippen LogP contribution in [0, 0.1) is 5.92 Å². The SMILES string of the molecule is COc1ccc(CC(C)(NCC(C)C)C(=O)O)cc1. The third-order valence-corrected chi connectivity index (χ3v) is 3.09. The van der Waals surface area contributed by atoms with E-state index < -0.39 is 11.5 Å². The Morgan fingerprint density at radius 3 is 2.37 bits per heavy atom. The van der Waals surface area contributed by atoms with Crippen molar-refractivity contribution in [1.29, 1.82) is 0 Å². The molecule has 4 nitrogen and oxygen atoms in total. The quantitative estimate of drug-likeness (QED) is 0.794. The van der Waals surface area contributed by atoms with E-state index in [2.05, 4.69) is 19.2 Å². The van der Waals surface area contributed by atoms with Crippen LogP contribution < -0.4 is 10.1 Å². The second-order valence-corrected chi connectivity index (χ2v) is 5.44. The van der Waals surface area contributed by atoms with E-state index in [0.29, 0.717) is 18.9 Å². The Morgan fingerprint density at radius 1 is 1.37 bits per heavy atom. The Balaban J connectivity index is 2.79. The minimum Gasteiger partial charge on any atom is -0.497 e. The van der Waals surface area contributed by atoms with Gasteiger partial charge in [0.2, 0.25) is 0 Å². The Hall–Kier alpha value is -1.55. The number of carbonyl (C=O) groups is 1. The number of nitrogens with one attached hydrogen (secondary N) is 1. The lowest BCUT2D eigenvalue weighted by atomic mass is 9.92. The zero-order chi connectivity index (χ0) is 14.5. The standard InChI is InChI=1S/C15H23NO3/c1-11(2)10-16-15(3,14(17)18)9-12-5-7-13(19-4)8-6-12/h5-8,11,16H,9-10H2,1-4H3,(H,17,18). The first-order chi connectivity index (χ1) is 8.87. The van der Waals surface area contributed by atoms with Crippen molar-refractivity contribution in [3.63, 3.8) is 0 Å². The average Bonchev–Trinajstić information content (AvgIpc) is 2.37. The maximum absolute atomic E-state index is 11.5. The molecule has 19 heavy (non-hydrogen) atoms. The van der Waals surface area contributed by atoms with Gasteiger partial charge in [-0.05, 0) is 37.1 Å². The lowest BCUT2D eigenvalue weighted by Crippen LogP contribution is -2.52. The van der Waals surface area contributed by atoms with E-state index in [4.69, 9.17) is 4.74 Å². The molecule has 2 N–H and O–H groups in total. The summed E-state index contributed by atoms with van der Waals surface area (Å²) in [5, 5.41) is 12.6. The first-order valence-electron chi connectivity index (χ1n) is 6.49. The number of carboxylic acid groups (broad SMARTS) is 1. The van der Waals surface area contributed by atoms with Gasteiger partial charge in [-0.2, -0.15) is 0 Å². The van der Waals surface area contributed by atoms with E-state index >= 15 is 0 Å². The number of benzene rings is 1. The molecular formula is C15H23NO3. The van der Waals surface area contributed by atoms with Crippen molar-refractivity contribution in [3.05, 3.63) is 29.8 Å². The Bertz CT molecular complexity index is 414. The van der Waals surface area contributed by atoms with E-state index in [1.165, 1.54) is 0 Å². The lowest BCUT2D eigenvalue weighted by molar-refractivity contribution is -0.144. The van der Waals surface area contributed by atoms with Crippen LogP contribution in [0.4, 0.5) is 0 Å². The monoisotopic (exact) mass is 265 g/mol. The molecule has 0 aliphatic carbocycles. The molecule has 4 heteroatoms. The second-order valence-electron chi connectivity index (χ2n) is 5.44. The predicted octanol–water partition coefficient (Wildman–Crippen LogP) is 2.33. The summed E-state index contributed by atoms with van der Waals surface area (Å²) < 4.78 is 5.09. The minimum atomic E-state index is -0.946. The maximum Gasteiger partial charge on any atom is 0.323 e. The van der Waals surface area contributed by atoms with Crippen molar-refractivity contribution in [3.8, 4) is 5.75 Å². The molecule has 0 radical (unpaired) electrons. The van der Waals surface area contributed by atoms with Gasteiger partial charge in [-0.15, -0.1) is 0 Å². The van der Waals surface area contributed by atoms with Crippen molar-refractivity contribution in [2.75, 3.05) is 13.7 Å². The number of methoxy groups -OCH3 is 1. The highest BCUT2D eigenvalue weighted by molar-refractivity contribution is 5.78. The Kier molecular flexibility index (Phi) is 5.36. The first kappa shape index (κ1) is 15.5. The fourth-order valence-electron chi connectivity index (χ4n) is 1.79. The molecule has 1 atom stereocenters. The predicted molar refractivity (Wildman–Crippen MR) is 75.6 cm³/mol. The van der Waals surface area contributed by atoms with Crippen LogP contribution in [0.25, 0.3) is 0 Å². The van der Waals surface area contributed by atoms with Crippen molar-refractivity contribution >= 4 is 5.97 Å². The van der Waals surface area contributed by atoms with Gasteiger partial charge in [0.25, 0.3) is 0 Å². The third-order valence-electron chi connectivity index (χ3n) is 3.09. The number of ether oxygens (including phenoxy) is 1. The molecule has 0 spiro atoms. The van der Waals surface area contributed by atoms with Gasteiger partial charge >= 0.3 is 5.97 Å². The molecule has 0 heterocycles. The molecular weight excluding hydrogens is 242 g/mol. The first-order valence-corrected chi connectivity index (χ1v) is 6.49. The van der Waals surface area contributed by atoms with Crippen molar-refractivity contribution in [2.45, 2.75) is 32.7 Å². The third kappa shape index (κ3) is 4.56. The largest absolute Gasteiger partial charge is 0.497 e. The second kappa shape index (κ2) is 6.57. The molecule has 0 aromatic heterocycles. The van der Waals surface area contributed by atoms with Crippen LogP contribution in [0.2, 0.25) is 0 Å². The number of hydrogen-bond acceptors (Lipinski definition) is 3. The number of carboxylic acids is 1. The highest BCUT2D eigenvalue weighted by Gasteiger charge is 2.32. The molecule has 0 aliphatic heterocycles. The Labute approximate surface area is 114 Å². The molecule has 0 amide bonds. The van der Waals surface area contributed by atoms with E-state index in [1.807, 2.05) is 24.3 Å². The summed E-state index contributed by atoms with van der Waals surface area (Å²) in [7, 11) is 1.61. The fourth-order valence-corrected chi connectivity index (χ4v) is 1.79. The zero-order valence-electron chi connectivity index (χ0n) is 12.1. The summed E-state index contributed by atoms with van der Waals surface area (Å²) in [6.45, 7) is 6.52. The van der Waals surface area contributed by atoms with E-state index in [-0.39, 0.29) is 0 Å². The van der Waals surface area contributed by atoms with Crippen LogP contribution >= 0.6 is 0 Å². The molecule has 0 bridgehead atoms. The summed E-state index contributed by atoms with van der Waals surface area (Å²) >= 11 is 0. The van der Waals surface area contributed by atoms with Crippen LogP contribution in [0.5, 0.6) is 5.75 Å². The van der Waals surface area contributed by atoms with Crippen LogP contribution in [0.1, 0.15) is 26.3 Å². The highest BCUT2D eigenvalue weighted by atomic mass is 16.5. The molecule has 1 rings (SSSR count). The van der Waals surface area contributed by atoms with Gasteiger partial charge in [-0.3, -0.25) is 4.79 Å². The smallest absolute Gasteiger partial charge is 0.323 e. The van der Waals surface area contributed by atoms with E-state index in [9.17, 15) is 9.90 Å². The summed E-state index contributed by atoms with van der Waals surface area (Å²) in [6, 6.07) is 7.49. The number of rotatable bonds is 7. The van der Waals surface area contributed by atoms with Gasteiger partial charge in [0.15, 0.2) is 0 Å². The van der Waals surface area contributed by atoms with Crippen molar-refractivity contribution in [1.82, 2.24) is 5.32 Å². The minimum absolute atomic E-state index is 0.412. The number of hydrogen-bond donors (Lipinski definition) is 2. The summed E-state index contributed by atoms with van der Waals surface area (Å²) in [5.41, 5.74) is 0.0285. The van der Waals surface area contributed by atoms with Gasteiger partial charge in [0, 0.05) is 6.42 Å². The van der Waals surface area contributed by atoms with Crippen molar-refractivity contribution < 1.29 is 14.6 Å². The van der Waals surface area contributed by atoms with Gasteiger partial charge in [0.05, 0.1) is 7.11 Å². The maximum atomic E-state index is 11.5. The molecule has 1 aromatic rings. The van der Waals surface area contributed by atoms with Crippen molar-refractivity contribution in [2.24, 2.45) is 5.92 Å². The molecule has 1 unspecified atom stereocenters. The summed E-state index contributed by atoms with van der Waals surface area (Å²) in [6.07, 6.45) is 0.443. The normalized spacial score (nSPS) is 14.2. The molecule has 0 fully saturated rings. The van der Waals surface area contributed by atoms with Gasteiger partial charge in [-0.1, -0.05) is 26.0 Å². The van der Waals surface area contributed by atoms with Gasteiger partial charge in [0.1, 0.15) is 11.3 Å². The van der Waals surface area contributed by atoms with Crippen LogP contribution in [0.3, 0.4) is 0 Å². The fraction of sp³-hybridized carbons (Fsp3) is 0.533. The number of aliphatic carboxylic acids is 1. The molecule has 0 saturated carbocycles. The zero-order valence-corrected chi connectivity index (χ0v) is 12.1. The molecule has 1 aromatic carbocycles. The van der Waals surface area contributed by atoms with E-state index in [0.717, 1.165) is 11.3 Å². The highest BCUT2D eigenvalue weighted by Crippen LogP contribution is 2.17. The summed E-state index contributed by atoms with van der Waals surface area (Å²) in [4.78, 5) is 11.5. The molecule has 0 saturated heterocycles. The van der Waals surface area contributed by atoms with Gasteiger partial charge in [-0.25, -0.2) is 0 Å². The van der Waals surface area contributed by atoms with E-state index in [1.54, 1.807) is 14.0 Å². The van der Waals surface area contributed by atoms with Gasteiger partial charge < -0.3 is 15.2 Å². The molecule has 0 aliphatic rings. The average molecular weight is 265 g/mol. The Morgan fingerprint density at radius 2 is 1.95 bits per heavy atom. The van der Waals surface area contributed by atoms with Crippen LogP contribution in [-0.4, -0.2) is 30.3 Å².